The summed E-state index contributed by atoms with van der Waals surface area (Å²) < 4.78 is 2.25. The molecule has 1 aliphatic rings. The van der Waals surface area contributed by atoms with Crippen LogP contribution >= 0.6 is 0 Å². The summed E-state index contributed by atoms with van der Waals surface area (Å²) in [4.78, 5) is 4.93. The van der Waals surface area contributed by atoms with Crippen LogP contribution in [0.5, 0.6) is 0 Å². The van der Waals surface area contributed by atoms with Crippen LogP contribution in [0.1, 0.15) is 49.6 Å². The van der Waals surface area contributed by atoms with E-state index >= 15 is 0 Å². The van der Waals surface area contributed by atoms with Gasteiger partial charge < -0.3 is 10.3 Å². The van der Waals surface area contributed by atoms with Crippen molar-refractivity contribution in [1.29, 1.82) is 0 Å². The first kappa shape index (κ1) is 14.2. The molecule has 0 aliphatic heterocycles. The van der Waals surface area contributed by atoms with Crippen molar-refractivity contribution in [2.24, 2.45) is 5.92 Å². The van der Waals surface area contributed by atoms with Crippen LogP contribution in [0.4, 0.5) is 5.82 Å². The van der Waals surface area contributed by atoms with Crippen molar-refractivity contribution in [3.63, 3.8) is 0 Å². The Morgan fingerprint density at radius 3 is 2.62 bits per heavy atom. The highest BCUT2D eigenvalue weighted by Crippen LogP contribution is 2.43. The van der Waals surface area contributed by atoms with Gasteiger partial charge in [-0.1, -0.05) is 31.5 Å². The van der Waals surface area contributed by atoms with Crippen LogP contribution in [0.25, 0.3) is 11.3 Å². The average Bonchev–Trinajstić information content (AvgIpc) is 3.21. The normalized spacial score (nSPS) is 14.9. The molecular weight excluding hydrogens is 258 g/mol. The molecule has 1 aromatic carbocycles. The molecule has 1 aromatic heterocycles. The monoisotopic (exact) mass is 283 g/mol. The molecule has 0 atom stereocenters. The van der Waals surface area contributed by atoms with Gasteiger partial charge in [0, 0.05) is 18.0 Å². The van der Waals surface area contributed by atoms with Crippen LogP contribution < -0.4 is 5.73 Å². The number of aromatic nitrogens is 2. The second kappa shape index (κ2) is 5.21. The highest BCUT2D eigenvalue weighted by molar-refractivity contribution is 5.74. The van der Waals surface area contributed by atoms with Crippen molar-refractivity contribution < 1.29 is 0 Å². The highest BCUT2D eigenvalue weighted by atomic mass is 15.2. The molecule has 0 amide bonds. The number of anilines is 1. The summed E-state index contributed by atoms with van der Waals surface area (Å²) in [6.07, 6.45) is 2.50. The van der Waals surface area contributed by atoms with Crippen molar-refractivity contribution in [3.05, 3.63) is 35.2 Å². The highest BCUT2D eigenvalue weighted by Gasteiger charge is 2.31. The van der Waals surface area contributed by atoms with Gasteiger partial charge in [0.05, 0.1) is 0 Å². The minimum atomic E-state index is 0.574. The van der Waals surface area contributed by atoms with Gasteiger partial charge in [-0.15, -0.1) is 0 Å². The number of imidazole rings is 1. The average molecular weight is 283 g/mol. The van der Waals surface area contributed by atoms with Crippen LogP contribution in [0.3, 0.4) is 0 Å². The smallest absolute Gasteiger partial charge is 0.131 e. The van der Waals surface area contributed by atoms with E-state index in [9.17, 15) is 0 Å². The fraction of sp³-hybridized carbons (Fsp3) is 0.500. The summed E-state index contributed by atoms with van der Waals surface area (Å²) in [7, 11) is 0. The van der Waals surface area contributed by atoms with Gasteiger partial charge in [0.2, 0.25) is 0 Å². The molecule has 2 aromatic rings. The minimum Gasteiger partial charge on any atom is -0.383 e. The van der Waals surface area contributed by atoms with Crippen LogP contribution in [-0.4, -0.2) is 9.55 Å². The second-order valence-electron chi connectivity index (χ2n) is 6.80. The van der Waals surface area contributed by atoms with Crippen LogP contribution in [0.15, 0.2) is 18.2 Å². The van der Waals surface area contributed by atoms with Crippen LogP contribution in [-0.2, 0) is 6.54 Å². The molecule has 1 fully saturated rings. The Morgan fingerprint density at radius 1 is 1.29 bits per heavy atom. The Morgan fingerprint density at radius 2 is 2.00 bits per heavy atom. The van der Waals surface area contributed by atoms with Gasteiger partial charge in [-0.3, -0.25) is 0 Å². The predicted molar refractivity (Wildman–Crippen MR) is 88.4 cm³/mol. The number of nitrogens with two attached hydrogens (primary N) is 1. The molecule has 0 bridgehead atoms. The SMILES string of the molecule is Cc1ccc(C)c(-c2nc(C3CC3)n(CC(C)C)c2N)c1. The Kier molecular flexibility index (Phi) is 3.52. The van der Waals surface area contributed by atoms with Crippen LogP contribution in [0, 0.1) is 19.8 Å². The molecule has 3 rings (SSSR count). The Labute approximate surface area is 127 Å². The number of nitrogens with zero attached hydrogens (tertiary/aromatic N) is 2. The van der Waals surface area contributed by atoms with Crippen molar-refractivity contribution in [2.75, 3.05) is 5.73 Å². The van der Waals surface area contributed by atoms with E-state index in [2.05, 4.69) is 50.5 Å². The van der Waals surface area contributed by atoms with Crippen LogP contribution in [0.2, 0.25) is 0 Å². The maximum Gasteiger partial charge on any atom is 0.131 e. The molecule has 21 heavy (non-hydrogen) atoms. The summed E-state index contributed by atoms with van der Waals surface area (Å²) in [6.45, 7) is 9.66. The van der Waals surface area contributed by atoms with Gasteiger partial charge >= 0.3 is 0 Å². The first-order valence-electron chi connectivity index (χ1n) is 7.91. The van der Waals surface area contributed by atoms with E-state index in [1.807, 2.05) is 0 Å². The van der Waals surface area contributed by atoms with E-state index in [-0.39, 0.29) is 0 Å². The van der Waals surface area contributed by atoms with Gasteiger partial charge in [0.25, 0.3) is 0 Å². The summed E-state index contributed by atoms with van der Waals surface area (Å²) >= 11 is 0. The Balaban J connectivity index is 2.12. The van der Waals surface area contributed by atoms with Crippen molar-refractivity contribution >= 4 is 5.82 Å². The fourth-order valence-corrected chi connectivity index (χ4v) is 2.88. The predicted octanol–water partition coefficient (Wildman–Crippen LogP) is 4.28. The van der Waals surface area contributed by atoms with Crippen molar-refractivity contribution in [1.82, 2.24) is 9.55 Å². The molecule has 2 N–H and O–H groups in total. The minimum absolute atomic E-state index is 0.574. The van der Waals surface area contributed by atoms with E-state index in [4.69, 9.17) is 10.7 Å². The molecular formula is C18H25N3. The first-order chi connectivity index (χ1) is 9.97. The lowest BCUT2D eigenvalue weighted by Gasteiger charge is -2.12. The molecule has 0 saturated heterocycles. The maximum atomic E-state index is 6.47. The summed E-state index contributed by atoms with van der Waals surface area (Å²) in [5, 5.41) is 0. The molecule has 0 unspecified atom stereocenters. The van der Waals surface area contributed by atoms with E-state index in [1.165, 1.54) is 35.4 Å². The first-order valence-corrected chi connectivity index (χ1v) is 7.91. The zero-order chi connectivity index (χ0) is 15.1. The summed E-state index contributed by atoms with van der Waals surface area (Å²) in [6, 6.07) is 6.49. The zero-order valence-electron chi connectivity index (χ0n) is 13.5. The molecule has 3 nitrogen and oxygen atoms in total. The maximum absolute atomic E-state index is 6.47. The van der Waals surface area contributed by atoms with E-state index in [0.29, 0.717) is 11.8 Å². The molecule has 3 heteroatoms. The molecule has 1 saturated carbocycles. The van der Waals surface area contributed by atoms with Gasteiger partial charge in [-0.25, -0.2) is 4.98 Å². The Bertz CT molecular complexity index is 663. The number of hydrogen-bond donors (Lipinski definition) is 1. The van der Waals surface area contributed by atoms with Gasteiger partial charge in [-0.05, 0) is 44.2 Å². The van der Waals surface area contributed by atoms with Gasteiger partial charge in [-0.2, -0.15) is 0 Å². The second-order valence-corrected chi connectivity index (χ2v) is 6.80. The van der Waals surface area contributed by atoms with Gasteiger partial charge in [0.15, 0.2) is 0 Å². The van der Waals surface area contributed by atoms with E-state index in [0.717, 1.165) is 18.1 Å². The number of benzene rings is 1. The number of nitrogen functional groups attached to an aromatic ring is 1. The van der Waals surface area contributed by atoms with E-state index < -0.39 is 0 Å². The van der Waals surface area contributed by atoms with Gasteiger partial charge in [0.1, 0.15) is 17.3 Å². The molecule has 112 valence electrons. The number of rotatable bonds is 4. The third kappa shape index (κ3) is 2.69. The fourth-order valence-electron chi connectivity index (χ4n) is 2.88. The number of hydrogen-bond acceptors (Lipinski definition) is 2. The lowest BCUT2D eigenvalue weighted by molar-refractivity contribution is 0.512. The third-order valence-electron chi connectivity index (χ3n) is 4.17. The zero-order valence-corrected chi connectivity index (χ0v) is 13.5. The third-order valence-corrected chi connectivity index (χ3v) is 4.17. The summed E-state index contributed by atoms with van der Waals surface area (Å²) in [5.41, 5.74) is 11.1. The Hall–Kier alpha value is -1.77. The molecule has 0 spiro atoms. The largest absolute Gasteiger partial charge is 0.383 e. The number of aryl methyl sites for hydroxylation is 2. The van der Waals surface area contributed by atoms with Crippen molar-refractivity contribution in [2.45, 2.75) is 53.0 Å². The molecule has 1 aliphatic carbocycles. The van der Waals surface area contributed by atoms with Crippen molar-refractivity contribution in [3.8, 4) is 11.3 Å². The lowest BCUT2D eigenvalue weighted by Crippen LogP contribution is -2.11. The molecule has 0 radical (unpaired) electrons. The lowest BCUT2D eigenvalue weighted by atomic mass is 10.0. The van der Waals surface area contributed by atoms with E-state index in [1.54, 1.807) is 0 Å². The summed E-state index contributed by atoms with van der Waals surface area (Å²) in [5.74, 6) is 3.21. The topological polar surface area (TPSA) is 43.8 Å². The quantitative estimate of drug-likeness (QED) is 0.910. The standard InChI is InChI=1S/C18H25N3/c1-11(2)10-21-17(19)16(20-18(21)14-7-8-14)15-9-12(3)5-6-13(15)4/h5-6,9,11,14H,7-8,10,19H2,1-4H3. The molecule has 1 heterocycles.